The predicted octanol–water partition coefficient (Wildman–Crippen LogP) is -0.118. The summed E-state index contributed by atoms with van der Waals surface area (Å²) in [6.45, 7) is -2.07. The van der Waals surface area contributed by atoms with E-state index in [0.717, 1.165) is 17.5 Å². The van der Waals surface area contributed by atoms with E-state index in [1.165, 1.54) is 0 Å². The van der Waals surface area contributed by atoms with Crippen molar-refractivity contribution < 1.29 is 18.7 Å². The Bertz CT molecular complexity index is 442. The van der Waals surface area contributed by atoms with Gasteiger partial charge in [0.2, 0.25) is 0 Å². The Morgan fingerprint density at radius 3 is 2.71 bits per heavy atom. The predicted molar refractivity (Wildman–Crippen MR) is 52.5 cm³/mol. The highest BCUT2D eigenvalue weighted by Crippen LogP contribution is 2.41. The first-order valence-electron chi connectivity index (χ1n) is 5.16. The smallest absolute Gasteiger partial charge is 0.289 e. The van der Waals surface area contributed by atoms with Crippen molar-refractivity contribution in [2.75, 3.05) is 6.61 Å². The lowest BCUT2D eigenvalue weighted by molar-refractivity contribution is -0.0660. The number of nitrogens with zero attached hydrogens (tertiary/aromatic N) is 3. The van der Waals surface area contributed by atoms with Crippen molar-refractivity contribution in [1.29, 1.82) is 0 Å². The lowest BCUT2D eigenvalue weighted by atomic mass is 10.2. The summed E-state index contributed by atoms with van der Waals surface area (Å²) in [5, 5.41) is 15.5. The number of aliphatic hydroxyl groups excluding tert-OH is 1. The van der Waals surface area contributed by atoms with Gasteiger partial charge in [-0.3, -0.25) is 4.79 Å². The van der Waals surface area contributed by atoms with Crippen molar-refractivity contribution in [2.24, 2.45) is 5.73 Å². The molecule has 3 N–H and O–H groups in total. The van der Waals surface area contributed by atoms with Gasteiger partial charge in [-0.25, -0.2) is 13.5 Å². The Kier molecular flexibility index (Phi) is 2.82. The molecule has 94 valence electrons. The summed E-state index contributed by atoms with van der Waals surface area (Å²) in [4.78, 5) is 11.1. The van der Waals surface area contributed by atoms with Crippen molar-refractivity contribution in [3.05, 3.63) is 11.4 Å². The third kappa shape index (κ3) is 2.41. The van der Waals surface area contributed by atoms with E-state index in [4.69, 9.17) is 10.8 Å². The van der Waals surface area contributed by atoms with Gasteiger partial charge in [0.05, 0.1) is 5.69 Å². The summed E-state index contributed by atoms with van der Waals surface area (Å²) in [5.74, 6) is -4.04. The van der Waals surface area contributed by atoms with E-state index >= 15 is 0 Å². The maximum absolute atomic E-state index is 13.1. The van der Waals surface area contributed by atoms with E-state index in [1.54, 1.807) is 0 Å². The van der Waals surface area contributed by atoms with Crippen molar-refractivity contribution in [2.45, 2.75) is 31.2 Å². The molecular weight excluding hydrogens is 234 g/mol. The van der Waals surface area contributed by atoms with Crippen LogP contribution in [0.2, 0.25) is 0 Å². The third-order valence-electron chi connectivity index (χ3n) is 2.58. The summed E-state index contributed by atoms with van der Waals surface area (Å²) in [6.07, 6.45) is 1.61. The van der Waals surface area contributed by atoms with Gasteiger partial charge in [-0.15, -0.1) is 5.10 Å². The van der Waals surface area contributed by atoms with Crippen LogP contribution in [0.4, 0.5) is 8.78 Å². The van der Waals surface area contributed by atoms with Gasteiger partial charge in [0, 0.05) is 5.92 Å². The number of rotatable bonds is 5. The number of halogens is 2. The number of carbonyl (C=O) groups is 1. The highest BCUT2D eigenvalue weighted by Gasteiger charge is 2.37. The van der Waals surface area contributed by atoms with Crippen LogP contribution in [0.1, 0.15) is 34.9 Å². The number of alkyl halides is 2. The number of aliphatic hydroxyl groups is 1. The highest BCUT2D eigenvalue weighted by atomic mass is 19.3. The molecule has 2 rings (SSSR count). The Labute approximate surface area is 95.4 Å². The number of aromatic nitrogens is 3. The fourth-order valence-electron chi connectivity index (χ4n) is 1.64. The molecule has 8 heteroatoms. The number of carbonyl (C=O) groups excluding carboxylic acids is 1. The molecule has 17 heavy (non-hydrogen) atoms. The molecule has 0 bridgehead atoms. The first kappa shape index (κ1) is 11.9. The Morgan fingerprint density at radius 1 is 1.59 bits per heavy atom. The molecule has 0 spiro atoms. The standard InChI is InChI=1S/C9H12F2N4O2/c10-9(11,4-16)3-15-7(5-1-2-5)6(8(12)17)13-14-15/h5,16H,1-4H2,(H2,12,17). The minimum absolute atomic E-state index is 0.0157. The van der Waals surface area contributed by atoms with Crippen LogP contribution in [0.25, 0.3) is 0 Å². The number of primary amides is 1. The van der Waals surface area contributed by atoms with E-state index in [1.807, 2.05) is 0 Å². The number of nitrogens with two attached hydrogens (primary N) is 1. The monoisotopic (exact) mass is 246 g/mol. The molecular formula is C9H12F2N4O2. The molecule has 1 aromatic rings. The number of hydrogen-bond donors (Lipinski definition) is 2. The van der Waals surface area contributed by atoms with Crippen LogP contribution in [0, 0.1) is 0 Å². The molecule has 1 aromatic heterocycles. The van der Waals surface area contributed by atoms with Gasteiger partial charge in [-0.1, -0.05) is 5.21 Å². The van der Waals surface area contributed by atoms with Crippen molar-refractivity contribution in [1.82, 2.24) is 15.0 Å². The molecule has 1 saturated carbocycles. The molecule has 1 amide bonds. The average Bonchev–Trinajstić information content (AvgIpc) is 3.00. The summed E-state index contributed by atoms with van der Waals surface area (Å²) in [7, 11) is 0. The molecule has 0 atom stereocenters. The fourth-order valence-corrected chi connectivity index (χ4v) is 1.64. The molecule has 0 saturated heterocycles. The van der Waals surface area contributed by atoms with E-state index in [9.17, 15) is 13.6 Å². The highest BCUT2D eigenvalue weighted by molar-refractivity contribution is 5.92. The van der Waals surface area contributed by atoms with Crippen molar-refractivity contribution in [3.8, 4) is 0 Å². The summed E-state index contributed by atoms with van der Waals surface area (Å²) in [5.41, 5.74) is 5.40. The maximum Gasteiger partial charge on any atom is 0.289 e. The molecule has 0 radical (unpaired) electrons. The quantitative estimate of drug-likeness (QED) is 0.757. The van der Waals surface area contributed by atoms with Gasteiger partial charge in [-0.2, -0.15) is 0 Å². The third-order valence-corrected chi connectivity index (χ3v) is 2.58. The van der Waals surface area contributed by atoms with Crippen molar-refractivity contribution in [3.63, 3.8) is 0 Å². The molecule has 1 aliphatic rings. The SMILES string of the molecule is NC(=O)c1nnn(CC(F)(F)CO)c1C1CC1. The zero-order valence-electron chi connectivity index (χ0n) is 8.94. The molecule has 6 nitrogen and oxygen atoms in total. The van der Waals surface area contributed by atoms with Crippen LogP contribution in [0.5, 0.6) is 0 Å². The van der Waals surface area contributed by atoms with Gasteiger partial charge in [0.25, 0.3) is 11.8 Å². The van der Waals surface area contributed by atoms with E-state index in [-0.39, 0.29) is 11.6 Å². The largest absolute Gasteiger partial charge is 0.390 e. The van der Waals surface area contributed by atoms with Gasteiger partial charge in [-0.05, 0) is 12.8 Å². The van der Waals surface area contributed by atoms with E-state index in [2.05, 4.69) is 10.3 Å². The van der Waals surface area contributed by atoms with Gasteiger partial charge < -0.3 is 10.8 Å². The summed E-state index contributed by atoms with van der Waals surface area (Å²) < 4.78 is 27.1. The Morgan fingerprint density at radius 2 is 2.24 bits per heavy atom. The van der Waals surface area contributed by atoms with E-state index < -0.39 is 25.0 Å². The van der Waals surface area contributed by atoms with Crippen LogP contribution in [-0.2, 0) is 6.54 Å². The lowest BCUT2D eigenvalue weighted by Gasteiger charge is -2.14. The molecule has 0 aliphatic heterocycles. The van der Waals surface area contributed by atoms with E-state index in [0.29, 0.717) is 5.69 Å². The number of amides is 1. The maximum atomic E-state index is 13.1. The second kappa shape index (κ2) is 4.02. The topological polar surface area (TPSA) is 94.0 Å². The molecule has 1 heterocycles. The summed E-state index contributed by atoms with van der Waals surface area (Å²) in [6, 6.07) is 0. The second-order valence-electron chi connectivity index (χ2n) is 4.13. The van der Waals surface area contributed by atoms with Crippen LogP contribution >= 0.6 is 0 Å². The zero-order chi connectivity index (χ0) is 12.6. The molecule has 0 aromatic carbocycles. The van der Waals surface area contributed by atoms with Crippen LogP contribution in [0.3, 0.4) is 0 Å². The minimum atomic E-state index is -3.29. The lowest BCUT2D eigenvalue weighted by Crippen LogP contribution is -2.29. The molecule has 0 unspecified atom stereocenters. The van der Waals surface area contributed by atoms with Crippen LogP contribution in [-0.4, -0.2) is 38.5 Å². The fraction of sp³-hybridized carbons (Fsp3) is 0.667. The molecule has 1 fully saturated rings. The first-order chi connectivity index (χ1) is 7.94. The number of hydrogen-bond acceptors (Lipinski definition) is 4. The zero-order valence-corrected chi connectivity index (χ0v) is 8.94. The van der Waals surface area contributed by atoms with Crippen molar-refractivity contribution >= 4 is 5.91 Å². The summed E-state index contributed by atoms with van der Waals surface area (Å²) >= 11 is 0. The van der Waals surface area contributed by atoms with Gasteiger partial charge in [0.1, 0.15) is 13.2 Å². The Balaban J connectivity index is 2.31. The molecule has 1 aliphatic carbocycles. The normalized spacial score (nSPS) is 16.2. The van der Waals surface area contributed by atoms with Gasteiger partial charge >= 0.3 is 0 Å². The van der Waals surface area contributed by atoms with Crippen LogP contribution < -0.4 is 5.73 Å². The average molecular weight is 246 g/mol. The minimum Gasteiger partial charge on any atom is -0.390 e. The second-order valence-corrected chi connectivity index (χ2v) is 4.13. The van der Waals surface area contributed by atoms with Gasteiger partial charge in [0.15, 0.2) is 5.69 Å². The Hall–Kier alpha value is -1.57. The van der Waals surface area contributed by atoms with Crippen LogP contribution in [0.15, 0.2) is 0 Å². The first-order valence-corrected chi connectivity index (χ1v) is 5.16.